The summed E-state index contributed by atoms with van der Waals surface area (Å²) in [4.78, 5) is 46.2. The minimum atomic E-state index is -1.44. The van der Waals surface area contributed by atoms with E-state index in [-0.39, 0.29) is 30.8 Å². The van der Waals surface area contributed by atoms with Crippen LogP contribution in [-0.2, 0) is 37.4 Å². The highest BCUT2D eigenvalue weighted by atomic mass is 16.5. The van der Waals surface area contributed by atoms with Crippen molar-refractivity contribution in [2.24, 2.45) is 5.41 Å². The Bertz CT molecular complexity index is 1330. The van der Waals surface area contributed by atoms with E-state index in [1.807, 2.05) is 37.3 Å². The van der Waals surface area contributed by atoms with Crippen LogP contribution in [0.4, 0.5) is 11.5 Å². The zero-order valence-corrected chi connectivity index (χ0v) is 22.9. The van der Waals surface area contributed by atoms with Crippen molar-refractivity contribution in [3.05, 3.63) is 53.2 Å². The second kappa shape index (κ2) is 10.2. The van der Waals surface area contributed by atoms with E-state index in [9.17, 15) is 19.5 Å². The molecule has 2 saturated heterocycles. The Hall–Kier alpha value is -3.34. The van der Waals surface area contributed by atoms with Gasteiger partial charge in [0.15, 0.2) is 5.72 Å². The zero-order chi connectivity index (χ0) is 28.0. The van der Waals surface area contributed by atoms with E-state index in [1.54, 1.807) is 6.20 Å². The number of anilines is 2. The SMILES string of the molecule is CCC1(C(=O)N(CC(=O)Nc2ccc3c(c2)C[C@@]2(C3)C(=O)Nc3ncccc32)[C@]2(O)CCCNC2)CCOCC1. The third-order valence-corrected chi connectivity index (χ3v) is 9.43. The fourth-order valence-corrected chi connectivity index (χ4v) is 6.97. The van der Waals surface area contributed by atoms with E-state index in [2.05, 4.69) is 20.9 Å². The molecule has 3 amide bonds. The largest absolute Gasteiger partial charge is 0.381 e. The first-order valence-electron chi connectivity index (χ1n) is 14.3. The molecule has 2 aromatic rings. The summed E-state index contributed by atoms with van der Waals surface area (Å²) >= 11 is 0. The van der Waals surface area contributed by atoms with Gasteiger partial charge in [0.2, 0.25) is 17.7 Å². The average Bonchev–Trinajstić information content (AvgIpc) is 3.48. The van der Waals surface area contributed by atoms with Crippen molar-refractivity contribution in [2.45, 2.75) is 63.0 Å². The molecule has 6 rings (SSSR count). The number of aromatic nitrogens is 1. The molecule has 212 valence electrons. The number of pyridine rings is 1. The van der Waals surface area contributed by atoms with Crippen LogP contribution in [0.25, 0.3) is 0 Å². The summed E-state index contributed by atoms with van der Waals surface area (Å²) in [7, 11) is 0. The Morgan fingerprint density at radius 2 is 1.95 bits per heavy atom. The predicted molar refractivity (Wildman–Crippen MR) is 149 cm³/mol. The standard InChI is InChI=1S/C30H37N5O5/c1-2-28(9-13-40-14-10-28)27(38)35(30(39)8-4-11-31-19-30)18-24(36)33-22-7-6-20-16-29(17-21(20)15-22)23-5-3-12-32-25(23)34-26(29)37/h3,5-7,12,15,31,39H,2,4,8-11,13-14,16-19H2,1H3,(H,33,36)(H,32,34,37)/t29-,30+/m1/s1. The molecule has 4 heterocycles. The fraction of sp³-hybridized carbons (Fsp3) is 0.533. The summed E-state index contributed by atoms with van der Waals surface area (Å²) in [6.45, 7) is 3.71. The molecule has 1 spiro atoms. The van der Waals surface area contributed by atoms with E-state index in [0.29, 0.717) is 69.7 Å². The van der Waals surface area contributed by atoms with Crippen LogP contribution in [0.2, 0.25) is 0 Å². The van der Waals surface area contributed by atoms with Gasteiger partial charge in [0.1, 0.15) is 12.4 Å². The van der Waals surface area contributed by atoms with Gasteiger partial charge in [-0.25, -0.2) is 4.98 Å². The zero-order valence-electron chi connectivity index (χ0n) is 22.9. The third kappa shape index (κ3) is 4.48. The smallest absolute Gasteiger partial charge is 0.244 e. The van der Waals surface area contributed by atoms with Crippen molar-refractivity contribution >= 4 is 29.2 Å². The summed E-state index contributed by atoms with van der Waals surface area (Å²) in [5.74, 6) is 0.00842. The number of piperidine rings is 1. The lowest BCUT2D eigenvalue weighted by molar-refractivity contribution is -0.180. The summed E-state index contributed by atoms with van der Waals surface area (Å²) in [5, 5.41) is 20.7. The Morgan fingerprint density at radius 3 is 2.70 bits per heavy atom. The normalized spacial score (nSPS) is 26.6. The number of carbonyl (C=O) groups is 3. The van der Waals surface area contributed by atoms with Crippen LogP contribution in [0.1, 0.15) is 55.7 Å². The first-order chi connectivity index (χ1) is 19.3. The minimum Gasteiger partial charge on any atom is -0.381 e. The van der Waals surface area contributed by atoms with Crippen LogP contribution < -0.4 is 16.0 Å². The molecule has 10 heteroatoms. The lowest BCUT2D eigenvalue weighted by Crippen LogP contribution is -2.64. The molecule has 4 aliphatic rings. The number of aliphatic hydroxyl groups is 1. The summed E-state index contributed by atoms with van der Waals surface area (Å²) < 4.78 is 5.53. The Kier molecular flexibility index (Phi) is 6.88. The van der Waals surface area contributed by atoms with Gasteiger partial charge >= 0.3 is 0 Å². The van der Waals surface area contributed by atoms with Crippen LogP contribution in [-0.4, -0.2) is 71.3 Å². The first kappa shape index (κ1) is 26.9. The summed E-state index contributed by atoms with van der Waals surface area (Å²) in [6, 6.07) is 9.51. The molecular formula is C30H37N5O5. The number of benzene rings is 1. The molecule has 2 atom stereocenters. The number of amides is 3. The van der Waals surface area contributed by atoms with Crippen LogP contribution in [0, 0.1) is 5.41 Å². The molecular weight excluding hydrogens is 510 g/mol. The van der Waals surface area contributed by atoms with Crippen LogP contribution in [0.5, 0.6) is 0 Å². The molecule has 1 aromatic heterocycles. The molecule has 0 saturated carbocycles. The molecule has 0 bridgehead atoms. The molecule has 2 fully saturated rings. The lowest BCUT2D eigenvalue weighted by atomic mass is 9.76. The number of hydrogen-bond donors (Lipinski definition) is 4. The van der Waals surface area contributed by atoms with Crippen LogP contribution in [0.3, 0.4) is 0 Å². The van der Waals surface area contributed by atoms with Crippen molar-refractivity contribution in [3.8, 4) is 0 Å². The van der Waals surface area contributed by atoms with Gasteiger partial charge in [-0.2, -0.15) is 0 Å². The van der Waals surface area contributed by atoms with Gasteiger partial charge in [-0.15, -0.1) is 0 Å². The highest BCUT2D eigenvalue weighted by Gasteiger charge is 2.51. The van der Waals surface area contributed by atoms with Crippen molar-refractivity contribution < 1.29 is 24.2 Å². The van der Waals surface area contributed by atoms with E-state index >= 15 is 0 Å². The van der Waals surface area contributed by atoms with Gasteiger partial charge in [-0.3, -0.25) is 14.4 Å². The Morgan fingerprint density at radius 1 is 1.15 bits per heavy atom. The minimum absolute atomic E-state index is 0.0514. The molecule has 0 unspecified atom stereocenters. The maximum absolute atomic E-state index is 14.0. The number of hydrogen-bond acceptors (Lipinski definition) is 7. The van der Waals surface area contributed by atoms with Gasteiger partial charge in [-0.05, 0) is 80.8 Å². The number of rotatable bonds is 6. The molecule has 40 heavy (non-hydrogen) atoms. The van der Waals surface area contributed by atoms with Crippen molar-refractivity contribution in [3.63, 3.8) is 0 Å². The Labute approximate surface area is 233 Å². The quantitative estimate of drug-likeness (QED) is 0.407. The van der Waals surface area contributed by atoms with E-state index in [0.717, 1.165) is 23.2 Å². The topological polar surface area (TPSA) is 133 Å². The van der Waals surface area contributed by atoms with E-state index in [4.69, 9.17) is 4.74 Å². The number of nitrogens with zero attached hydrogens (tertiary/aromatic N) is 2. The fourth-order valence-electron chi connectivity index (χ4n) is 6.97. The first-order valence-corrected chi connectivity index (χ1v) is 14.3. The highest BCUT2D eigenvalue weighted by molar-refractivity contribution is 6.06. The second-order valence-corrected chi connectivity index (χ2v) is 11.7. The predicted octanol–water partition coefficient (Wildman–Crippen LogP) is 2.12. The molecule has 4 N–H and O–H groups in total. The molecule has 3 aliphatic heterocycles. The molecule has 10 nitrogen and oxygen atoms in total. The van der Waals surface area contributed by atoms with Gasteiger partial charge in [0.05, 0.1) is 10.8 Å². The van der Waals surface area contributed by atoms with E-state index in [1.165, 1.54) is 4.90 Å². The van der Waals surface area contributed by atoms with E-state index < -0.39 is 16.6 Å². The number of nitrogens with one attached hydrogen (secondary N) is 3. The average molecular weight is 548 g/mol. The summed E-state index contributed by atoms with van der Waals surface area (Å²) in [6.07, 6.45) is 5.66. The summed E-state index contributed by atoms with van der Waals surface area (Å²) in [5.41, 5.74) is 0.794. The molecule has 1 aromatic carbocycles. The van der Waals surface area contributed by atoms with Crippen LogP contribution >= 0.6 is 0 Å². The lowest BCUT2D eigenvalue weighted by Gasteiger charge is -2.47. The monoisotopic (exact) mass is 547 g/mol. The number of β-amino-alcohol motifs (C(OH)–C–C–N with tert-alkyl or cyclic N) is 1. The number of carbonyl (C=O) groups excluding carboxylic acids is 3. The van der Waals surface area contributed by atoms with Crippen LogP contribution in [0.15, 0.2) is 36.5 Å². The maximum Gasteiger partial charge on any atom is 0.244 e. The second-order valence-electron chi connectivity index (χ2n) is 11.7. The van der Waals surface area contributed by atoms with Crippen molar-refractivity contribution in [2.75, 3.05) is 43.5 Å². The van der Waals surface area contributed by atoms with Gasteiger partial charge < -0.3 is 30.7 Å². The Balaban J connectivity index is 1.21. The highest BCUT2D eigenvalue weighted by Crippen LogP contribution is 2.47. The third-order valence-electron chi connectivity index (χ3n) is 9.43. The van der Waals surface area contributed by atoms with Gasteiger partial charge in [0.25, 0.3) is 0 Å². The van der Waals surface area contributed by atoms with Crippen molar-refractivity contribution in [1.29, 1.82) is 0 Å². The van der Waals surface area contributed by atoms with Crippen molar-refractivity contribution in [1.82, 2.24) is 15.2 Å². The number of ether oxygens (including phenoxy) is 1. The number of fused-ring (bicyclic) bond motifs is 3. The van der Waals surface area contributed by atoms with Gasteiger partial charge in [0, 0.05) is 37.2 Å². The molecule has 1 aliphatic carbocycles. The van der Waals surface area contributed by atoms with Gasteiger partial charge in [-0.1, -0.05) is 19.1 Å². The maximum atomic E-state index is 14.0. The molecule has 0 radical (unpaired) electrons.